The number of hydrogen-bond donors (Lipinski definition) is 0. The van der Waals surface area contributed by atoms with Gasteiger partial charge in [-0.25, -0.2) is 4.68 Å². The van der Waals surface area contributed by atoms with Crippen LogP contribution in [0.1, 0.15) is 56.4 Å². The van der Waals surface area contributed by atoms with E-state index in [0.29, 0.717) is 29.6 Å². The highest BCUT2D eigenvalue weighted by atomic mass is 16.5. The van der Waals surface area contributed by atoms with Crippen molar-refractivity contribution in [3.05, 3.63) is 17.8 Å². The normalized spacial score (nSPS) is 16.5. The monoisotopic (exact) mass is 358 g/mol. The summed E-state index contributed by atoms with van der Waals surface area (Å²) >= 11 is 0. The zero-order valence-corrected chi connectivity index (χ0v) is 16.4. The third kappa shape index (κ3) is 4.06. The van der Waals surface area contributed by atoms with Gasteiger partial charge in [0, 0.05) is 19.5 Å². The number of nitrogens with zero attached hydrogens (tertiary/aromatic N) is 4. The Morgan fingerprint density at radius 3 is 2.58 bits per heavy atom. The standard InChI is InChI=1S/C20H30N4O2/c1-5-15(6-2)26-18-8-7-16-19(22-24(4)20(16)21-18)17(25)13-14-9-11-23(3)12-10-14/h7-8,14-15H,5-6,9-13H2,1-4H3. The molecule has 3 heterocycles. The number of Topliss-reactive ketones (excluding diaryl/α,β-unsaturated/α-hetero) is 1. The van der Waals surface area contributed by atoms with Crippen molar-refractivity contribution in [1.29, 1.82) is 0 Å². The second-order valence-corrected chi connectivity index (χ2v) is 7.42. The predicted molar refractivity (Wildman–Crippen MR) is 103 cm³/mol. The van der Waals surface area contributed by atoms with E-state index in [1.54, 1.807) is 4.68 Å². The first-order valence-corrected chi connectivity index (χ1v) is 9.73. The minimum atomic E-state index is 0.126. The van der Waals surface area contributed by atoms with E-state index >= 15 is 0 Å². The number of ether oxygens (including phenoxy) is 1. The summed E-state index contributed by atoms with van der Waals surface area (Å²) in [5, 5.41) is 5.29. The molecule has 6 nitrogen and oxygen atoms in total. The molecule has 0 spiro atoms. The van der Waals surface area contributed by atoms with Crippen molar-refractivity contribution >= 4 is 16.8 Å². The molecule has 0 amide bonds. The summed E-state index contributed by atoms with van der Waals surface area (Å²) in [5.74, 6) is 1.19. The number of pyridine rings is 1. The lowest BCUT2D eigenvalue weighted by Gasteiger charge is -2.28. The molecule has 0 N–H and O–H groups in total. The molecule has 6 heteroatoms. The summed E-state index contributed by atoms with van der Waals surface area (Å²) in [6.07, 6.45) is 4.80. The summed E-state index contributed by atoms with van der Waals surface area (Å²) in [5.41, 5.74) is 1.25. The molecule has 0 saturated carbocycles. The van der Waals surface area contributed by atoms with Gasteiger partial charge < -0.3 is 9.64 Å². The third-order valence-corrected chi connectivity index (χ3v) is 5.44. The SMILES string of the molecule is CCC(CC)Oc1ccc2c(C(=O)CC3CCN(C)CC3)nn(C)c2n1. The molecule has 1 saturated heterocycles. The third-order valence-electron chi connectivity index (χ3n) is 5.44. The van der Waals surface area contributed by atoms with Gasteiger partial charge in [0.05, 0.1) is 11.5 Å². The zero-order chi connectivity index (χ0) is 18.7. The van der Waals surface area contributed by atoms with Crippen molar-refractivity contribution in [1.82, 2.24) is 19.7 Å². The maximum Gasteiger partial charge on any atom is 0.215 e. The second kappa shape index (κ2) is 8.16. The number of rotatable bonds is 7. The van der Waals surface area contributed by atoms with Gasteiger partial charge in [-0.3, -0.25) is 4.79 Å². The summed E-state index contributed by atoms with van der Waals surface area (Å²) in [7, 11) is 3.97. The molecular weight excluding hydrogens is 328 g/mol. The fourth-order valence-electron chi connectivity index (χ4n) is 3.64. The zero-order valence-electron chi connectivity index (χ0n) is 16.4. The number of carbonyl (C=O) groups is 1. The Bertz CT molecular complexity index is 759. The molecule has 0 radical (unpaired) electrons. The van der Waals surface area contributed by atoms with Crippen molar-refractivity contribution in [3.63, 3.8) is 0 Å². The van der Waals surface area contributed by atoms with Crippen molar-refractivity contribution in [2.75, 3.05) is 20.1 Å². The molecule has 1 fully saturated rings. The molecule has 3 rings (SSSR count). The predicted octanol–water partition coefficient (Wildman–Crippen LogP) is 3.45. The molecule has 2 aromatic heterocycles. The number of piperidine rings is 1. The number of aryl methyl sites for hydroxylation is 1. The number of aromatic nitrogens is 3. The molecule has 0 atom stereocenters. The molecular formula is C20H30N4O2. The van der Waals surface area contributed by atoms with Gasteiger partial charge in [0.25, 0.3) is 0 Å². The Labute approximate surface area is 155 Å². The second-order valence-electron chi connectivity index (χ2n) is 7.42. The van der Waals surface area contributed by atoms with E-state index in [1.165, 1.54) is 0 Å². The van der Waals surface area contributed by atoms with Gasteiger partial charge in [0.15, 0.2) is 11.4 Å². The quantitative estimate of drug-likeness (QED) is 0.710. The summed E-state index contributed by atoms with van der Waals surface area (Å²) < 4.78 is 7.63. The van der Waals surface area contributed by atoms with Crippen LogP contribution in [-0.2, 0) is 7.05 Å². The van der Waals surface area contributed by atoms with E-state index in [0.717, 1.165) is 44.2 Å². The van der Waals surface area contributed by atoms with Gasteiger partial charge in [0.2, 0.25) is 5.88 Å². The van der Waals surface area contributed by atoms with Gasteiger partial charge in [0.1, 0.15) is 5.69 Å². The maximum atomic E-state index is 12.8. The number of ketones is 1. The van der Waals surface area contributed by atoms with Crippen LogP contribution < -0.4 is 4.74 Å². The van der Waals surface area contributed by atoms with E-state index in [4.69, 9.17) is 4.74 Å². The lowest BCUT2D eigenvalue weighted by atomic mass is 9.91. The van der Waals surface area contributed by atoms with E-state index in [9.17, 15) is 4.79 Å². The van der Waals surface area contributed by atoms with Crippen LogP contribution in [0.25, 0.3) is 11.0 Å². The van der Waals surface area contributed by atoms with Crippen molar-refractivity contribution in [2.24, 2.45) is 13.0 Å². The van der Waals surface area contributed by atoms with E-state index < -0.39 is 0 Å². The lowest BCUT2D eigenvalue weighted by molar-refractivity contribution is 0.0932. The Morgan fingerprint density at radius 2 is 1.92 bits per heavy atom. The Hall–Kier alpha value is -1.95. The van der Waals surface area contributed by atoms with Crippen molar-refractivity contribution in [2.45, 2.75) is 52.1 Å². The molecule has 0 bridgehead atoms. The number of fused-ring (bicyclic) bond motifs is 1. The van der Waals surface area contributed by atoms with Crippen molar-refractivity contribution < 1.29 is 9.53 Å². The number of hydrogen-bond acceptors (Lipinski definition) is 5. The summed E-state index contributed by atoms with van der Waals surface area (Å²) in [6, 6.07) is 3.78. The van der Waals surface area contributed by atoms with Crippen LogP contribution in [-0.4, -0.2) is 51.7 Å². The molecule has 1 aliphatic heterocycles. The largest absolute Gasteiger partial charge is 0.474 e. The molecule has 1 aliphatic rings. The molecule has 0 aromatic carbocycles. The van der Waals surface area contributed by atoms with Crippen molar-refractivity contribution in [3.8, 4) is 5.88 Å². The van der Waals surface area contributed by atoms with E-state index in [2.05, 4.69) is 35.9 Å². The fraction of sp³-hybridized carbons (Fsp3) is 0.650. The molecule has 26 heavy (non-hydrogen) atoms. The Balaban J connectivity index is 1.78. The van der Waals surface area contributed by atoms with Crippen LogP contribution in [0.2, 0.25) is 0 Å². The first-order valence-electron chi connectivity index (χ1n) is 9.73. The van der Waals surface area contributed by atoms with Crippen LogP contribution >= 0.6 is 0 Å². The number of carbonyl (C=O) groups excluding carboxylic acids is 1. The Kier molecular flexibility index (Phi) is 5.91. The highest BCUT2D eigenvalue weighted by molar-refractivity contribution is 6.05. The summed E-state index contributed by atoms with van der Waals surface area (Å²) in [6.45, 7) is 6.35. The minimum Gasteiger partial charge on any atom is -0.474 e. The lowest BCUT2D eigenvalue weighted by Crippen LogP contribution is -2.31. The maximum absolute atomic E-state index is 12.8. The van der Waals surface area contributed by atoms with Crippen LogP contribution in [0.5, 0.6) is 5.88 Å². The highest BCUT2D eigenvalue weighted by Gasteiger charge is 2.24. The highest BCUT2D eigenvalue weighted by Crippen LogP contribution is 2.26. The van der Waals surface area contributed by atoms with E-state index in [-0.39, 0.29) is 11.9 Å². The minimum absolute atomic E-state index is 0.126. The van der Waals surface area contributed by atoms with Gasteiger partial charge in [-0.1, -0.05) is 13.8 Å². The van der Waals surface area contributed by atoms with Gasteiger partial charge >= 0.3 is 0 Å². The molecule has 2 aromatic rings. The van der Waals surface area contributed by atoms with Gasteiger partial charge in [-0.15, -0.1) is 0 Å². The van der Waals surface area contributed by atoms with Gasteiger partial charge in [-0.2, -0.15) is 10.1 Å². The fourth-order valence-corrected chi connectivity index (χ4v) is 3.64. The topological polar surface area (TPSA) is 60.2 Å². The first kappa shape index (κ1) is 18.8. The van der Waals surface area contributed by atoms with Crippen LogP contribution in [0.15, 0.2) is 12.1 Å². The first-order chi connectivity index (χ1) is 12.5. The molecule has 142 valence electrons. The molecule has 0 aliphatic carbocycles. The summed E-state index contributed by atoms with van der Waals surface area (Å²) in [4.78, 5) is 19.7. The molecule has 0 unspecified atom stereocenters. The van der Waals surface area contributed by atoms with Gasteiger partial charge in [-0.05, 0) is 57.8 Å². The van der Waals surface area contributed by atoms with E-state index in [1.807, 2.05) is 19.2 Å². The average Bonchev–Trinajstić information content (AvgIpc) is 2.98. The average molecular weight is 358 g/mol. The van der Waals surface area contributed by atoms with Crippen LogP contribution in [0.4, 0.5) is 0 Å². The van der Waals surface area contributed by atoms with Crippen LogP contribution in [0, 0.1) is 5.92 Å². The number of likely N-dealkylation sites (tertiary alicyclic amines) is 1. The Morgan fingerprint density at radius 1 is 1.23 bits per heavy atom. The van der Waals surface area contributed by atoms with Crippen LogP contribution in [0.3, 0.4) is 0 Å². The smallest absolute Gasteiger partial charge is 0.215 e.